The van der Waals surface area contributed by atoms with Gasteiger partial charge in [0, 0.05) is 24.6 Å². The monoisotopic (exact) mass is 1050 g/mol. The summed E-state index contributed by atoms with van der Waals surface area (Å²) in [5.41, 5.74) is 6.65. The standard InChI is InChI=1S/C60H66N6O11/c1-41(62-54(68)30-32-74-34-36-76-37-35-75-33-31-61-59(73)77-40-52-50-24-14-12-22-48(50)49-23-13-15-25-51(49)52)56(70)63-42(2)57(71)65-53(58(72)64-47-28-26-43(39-67)27-29-47)38-55(69)66-60(44-16-6-3-7-17-44,45-18-8-4-9-19-45)46-20-10-5-11-21-46/h3-29,41-42,52-53,67H,30-40H2,1-2H3,(H,61,73)(H,62,68)(H,63,70)(H,64,72)(H,65,71)(H,66,69)/t41-,42-,53-/m0/s1. The zero-order valence-electron chi connectivity index (χ0n) is 43.2. The molecule has 0 unspecified atom stereocenters. The summed E-state index contributed by atoms with van der Waals surface area (Å²) in [4.78, 5) is 80.5. The van der Waals surface area contributed by atoms with Crippen molar-refractivity contribution in [3.63, 3.8) is 0 Å². The van der Waals surface area contributed by atoms with Gasteiger partial charge < -0.3 is 56.0 Å². The van der Waals surface area contributed by atoms with Crippen molar-refractivity contribution in [3.8, 4) is 11.1 Å². The van der Waals surface area contributed by atoms with Crippen LogP contribution in [-0.2, 0) is 55.1 Å². The number of hydrogen-bond acceptors (Lipinski definition) is 11. The van der Waals surface area contributed by atoms with Gasteiger partial charge in [-0.3, -0.25) is 24.0 Å². The van der Waals surface area contributed by atoms with Crippen molar-refractivity contribution >= 4 is 41.3 Å². The van der Waals surface area contributed by atoms with Crippen molar-refractivity contribution in [2.75, 3.05) is 58.1 Å². The van der Waals surface area contributed by atoms with E-state index in [0.29, 0.717) is 24.5 Å². The molecule has 3 atom stereocenters. The van der Waals surface area contributed by atoms with Gasteiger partial charge in [-0.05, 0) is 70.5 Å². The van der Waals surface area contributed by atoms with E-state index in [1.165, 1.54) is 13.8 Å². The van der Waals surface area contributed by atoms with Crippen LogP contribution in [0.4, 0.5) is 10.5 Å². The first-order valence-electron chi connectivity index (χ1n) is 25.7. The number of carbonyl (C=O) groups excluding carboxylic acids is 6. The predicted octanol–water partition coefficient (Wildman–Crippen LogP) is 6.09. The number of aliphatic hydroxyl groups excluding tert-OH is 1. The van der Waals surface area contributed by atoms with E-state index in [9.17, 15) is 33.9 Å². The molecule has 7 N–H and O–H groups in total. The van der Waals surface area contributed by atoms with E-state index < -0.39 is 65.7 Å². The van der Waals surface area contributed by atoms with E-state index in [2.05, 4.69) is 56.2 Å². The third-order valence-corrected chi connectivity index (χ3v) is 13.0. The van der Waals surface area contributed by atoms with E-state index >= 15 is 0 Å². The molecule has 402 valence electrons. The summed E-state index contributed by atoms with van der Waals surface area (Å²) in [5.74, 6) is -3.17. The molecule has 0 saturated heterocycles. The minimum atomic E-state index is -1.42. The fourth-order valence-electron chi connectivity index (χ4n) is 9.02. The van der Waals surface area contributed by atoms with E-state index in [-0.39, 0.29) is 58.5 Å². The van der Waals surface area contributed by atoms with E-state index in [1.807, 2.05) is 115 Å². The van der Waals surface area contributed by atoms with Gasteiger partial charge in [-0.25, -0.2) is 4.79 Å². The van der Waals surface area contributed by atoms with Gasteiger partial charge in [0.1, 0.15) is 30.3 Å². The van der Waals surface area contributed by atoms with E-state index in [0.717, 1.165) is 38.9 Å². The van der Waals surface area contributed by atoms with Crippen LogP contribution >= 0.6 is 0 Å². The zero-order valence-corrected chi connectivity index (χ0v) is 43.2. The number of anilines is 1. The highest BCUT2D eigenvalue weighted by Crippen LogP contribution is 2.44. The van der Waals surface area contributed by atoms with Crippen LogP contribution in [0.15, 0.2) is 164 Å². The molecule has 1 aliphatic rings. The van der Waals surface area contributed by atoms with Crippen LogP contribution in [0.1, 0.15) is 66.0 Å². The lowest BCUT2D eigenvalue weighted by Crippen LogP contribution is -2.56. The highest BCUT2D eigenvalue weighted by molar-refractivity contribution is 6.01. The van der Waals surface area contributed by atoms with Gasteiger partial charge in [-0.1, -0.05) is 152 Å². The lowest BCUT2D eigenvalue weighted by molar-refractivity contribution is -0.133. The highest BCUT2D eigenvalue weighted by atomic mass is 16.6. The highest BCUT2D eigenvalue weighted by Gasteiger charge is 2.39. The number of amides is 6. The van der Waals surface area contributed by atoms with Crippen molar-refractivity contribution in [3.05, 3.63) is 197 Å². The summed E-state index contributed by atoms with van der Waals surface area (Å²) >= 11 is 0. The fourth-order valence-corrected chi connectivity index (χ4v) is 9.02. The minimum Gasteiger partial charge on any atom is -0.449 e. The number of benzene rings is 6. The second-order valence-electron chi connectivity index (χ2n) is 18.4. The molecule has 17 nitrogen and oxygen atoms in total. The largest absolute Gasteiger partial charge is 0.449 e. The van der Waals surface area contributed by atoms with Crippen molar-refractivity contribution < 1.29 is 52.8 Å². The summed E-state index contributed by atoms with van der Waals surface area (Å²) in [5, 5.41) is 26.1. The van der Waals surface area contributed by atoms with Gasteiger partial charge in [0.15, 0.2) is 0 Å². The van der Waals surface area contributed by atoms with Crippen LogP contribution in [-0.4, -0.2) is 112 Å². The average molecular weight is 1050 g/mol. The Morgan fingerprint density at radius 3 is 1.56 bits per heavy atom. The molecule has 6 aromatic carbocycles. The smallest absolute Gasteiger partial charge is 0.407 e. The molecular weight excluding hydrogens is 981 g/mol. The Morgan fingerprint density at radius 2 is 1.01 bits per heavy atom. The minimum absolute atomic E-state index is 0.0227. The molecule has 0 saturated carbocycles. The van der Waals surface area contributed by atoms with Crippen molar-refractivity contribution in [1.29, 1.82) is 0 Å². The van der Waals surface area contributed by atoms with Gasteiger partial charge in [0.05, 0.1) is 52.7 Å². The third kappa shape index (κ3) is 15.7. The summed E-state index contributed by atoms with van der Waals surface area (Å²) in [6.07, 6.45) is -1.06. The first-order valence-corrected chi connectivity index (χ1v) is 25.7. The lowest BCUT2D eigenvalue weighted by Gasteiger charge is -2.37. The van der Waals surface area contributed by atoms with Gasteiger partial charge in [0.25, 0.3) is 0 Å². The SMILES string of the molecule is C[C@H](NC(=O)CCOCCOCCOCCNC(=O)OCC1c2ccccc2-c2ccccc21)C(=O)N[C@@H](C)C(=O)N[C@@H](CC(=O)NC(c1ccccc1)(c1ccccc1)c1ccccc1)C(=O)Nc1ccc(CO)cc1. The number of ether oxygens (including phenoxy) is 4. The van der Waals surface area contributed by atoms with Crippen LogP contribution in [0.3, 0.4) is 0 Å². The predicted molar refractivity (Wildman–Crippen MR) is 290 cm³/mol. The maximum atomic E-state index is 14.4. The molecule has 0 fully saturated rings. The first-order chi connectivity index (χ1) is 37.5. The molecular formula is C60H66N6O11. The molecule has 6 amide bonds. The second kappa shape index (κ2) is 28.6. The van der Waals surface area contributed by atoms with Crippen molar-refractivity contribution in [2.24, 2.45) is 0 Å². The number of alkyl carbamates (subject to hydrolysis) is 1. The van der Waals surface area contributed by atoms with Crippen LogP contribution in [0.2, 0.25) is 0 Å². The zero-order chi connectivity index (χ0) is 54.4. The Balaban J connectivity index is 0.810. The summed E-state index contributed by atoms with van der Waals surface area (Å²) in [6, 6.07) is 47.4. The molecule has 77 heavy (non-hydrogen) atoms. The molecule has 0 aliphatic heterocycles. The normalized spacial score (nSPS) is 12.9. The lowest BCUT2D eigenvalue weighted by atomic mass is 9.77. The van der Waals surface area contributed by atoms with Gasteiger partial charge in [-0.15, -0.1) is 0 Å². The number of fused-ring (bicyclic) bond motifs is 3. The third-order valence-electron chi connectivity index (χ3n) is 13.0. The van der Waals surface area contributed by atoms with Crippen molar-refractivity contribution in [2.45, 2.75) is 62.9 Å². The quantitative estimate of drug-likeness (QED) is 0.0220. The van der Waals surface area contributed by atoms with Crippen LogP contribution in [0.5, 0.6) is 0 Å². The van der Waals surface area contributed by atoms with Crippen LogP contribution < -0.4 is 31.9 Å². The van der Waals surface area contributed by atoms with E-state index in [4.69, 9.17) is 18.9 Å². The number of carbonyl (C=O) groups is 6. The number of aliphatic hydroxyl groups is 1. The Morgan fingerprint density at radius 1 is 0.532 bits per heavy atom. The maximum Gasteiger partial charge on any atom is 0.407 e. The average Bonchev–Trinajstić information content (AvgIpc) is 3.78. The molecule has 0 heterocycles. The Hall–Kier alpha value is -8.22. The van der Waals surface area contributed by atoms with Gasteiger partial charge in [-0.2, -0.15) is 0 Å². The molecule has 0 spiro atoms. The maximum absolute atomic E-state index is 14.4. The fraction of sp³-hybridized carbons (Fsp3) is 0.300. The molecule has 0 radical (unpaired) electrons. The van der Waals surface area contributed by atoms with Crippen LogP contribution in [0.25, 0.3) is 11.1 Å². The van der Waals surface area contributed by atoms with Crippen LogP contribution in [0, 0.1) is 0 Å². The number of nitrogens with one attached hydrogen (secondary N) is 6. The number of hydrogen-bond donors (Lipinski definition) is 7. The Kier molecular flexibility index (Phi) is 21.0. The number of rotatable bonds is 28. The van der Waals surface area contributed by atoms with E-state index in [1.54, 1.807) is 24.3 Å². The molecule has 6 aromatic rings. The molecule has 17 heteroatoms. The van der Waals surface area contributed by atoms with Gasteiger partial charge in [0.2, 0.25) is 29.5 Å². The van der Waals surface area contributed by atoms with Gasteiger partial charge >= 0.3 is 6.09 Å². The summed E-state index contributed by atoms with van der Waals surface area (Å²) in [6.45, 7) is 4.57. The summed E-state index contributed by atoms with van der Waals surface area (Å²) in [7, 11) is 0. The topological polar surface area (TPSA) is 232 Å². The molecule has 7 rings (SSSR count). The summed E-state index contributed by atoms with van der Waals surface area (Å²) < 4.78 is 22.2. The van der Waals surface area contributed by atoms with Crippen molar-refractivity contribution in [1.82, 2.24) is 26.6 Å². The Bertz CT molecular complexity index is 2750. The first kappa shape index (κ1) is 56.5. The molecule has 0 bridgehead atoms. The molecule has 0 aromatic heterocycles. The Labute approximate surface area is 448 Å². The molecule has 1 aliphatic carbocycles. The second-order valence-corrected chi connectivity index (χ2v) is 18.4.